The number of carbonyl (C=O) groups is 1. The zero-order chi connectivity index (χ0) is 11.7. The van der Waals surface area contributed by atoms with Gasteiger partial charge in [0, 0.05) is 5.92 Å². The van der Waals surface area contributed by atoms with Crippen molar-refractivity contribution in [2.45, 2.75) is 52.5 Å². The SMILES string of the molecule is CC1N=C(C2CCC(C(C)C)CC2)NC1=O. The van der Waals surface area contributed by atoms with Gasteiger partial charge in [-0.25, -0.2) is 0 Å². The molecule has 2 aliphatic rings. The van der Waals surface area contributed by atoms with Crippen LogP contribution in [-0.4, -0.2) is 17.8 Å². The fourth-order valence-electron chi connectivity index (χ4n) is 2.80. The van der Waals surface area contributed by atoms with Crippen molar-refractivity contribution in [2.24, 2.45) is 22.7 Å². The molecule has 2 rings (SSSR count). The van der Waals surface area contributed by atoms with Gasteiger partial charge in [-0.2, -0.15) is 0 Å². The molecular weight excluding hydrogens is 200 g/mol. The number of rotatable bonds is 2. The average molecular weight is 222 g/mol. The first kappa shape index (κ1) is 11.6. The monoisotopic (exact) mass is 222 g/mol. The standard InChI is InChI=1S/C13H22N2O/c1-8(2)10-4-6-11(7-5-10)12-14-9(3)13(16)15-12/h8-11H,4-7H2,1-3H3,(H,14,15,16). The first-order valence-corrected chi connectivity index (χ1v) is 6.46. The van der Waals surface area contributed by atoms with Crippen molar-refractivity contribution >= 4 is 11.7 Å². The molecule has 1 fully saturated rings. The van der Waals surface area contributed by atoms with E-state index in [1.165, 1.54) is 25.7 Å². The summed E-state index contributed by atoms with van der Waals surface area (Å²) in [5.74, 6) is 3.19. The molecule has 0 bridgehead atoms. The minimum atomic E-state index is -0.169. The van der Waals surface area contributed by atoms with Crippen molar-refractivity contribution in [3.8, 4) is 0 Å². The molecule has 3 heteroatoms. The van der Waals surface area contributed by atoms with Crippen molar-refractivity contribution in [1.29, 1.82) is 0 Å². The van der Waals surface area contributed by atoms with Crippen LogP contribution in [0.2, 0.25) is 0 Å². The van der Waals surface area contributed by atoms with Crippen molar-refractivity contribution in [1.82, 2.24) is 5.32 Å². The molecule has 16 heavy (non-hydrogen) atoms. The number of amidine groups is 1. The maximum absolute atomic E-state index is 11.4. The van der Waals surface area contributed by atoms with E-state index in [1.54, 1.807) is 0 Å². The number of carbonyl (C=O) groups excluding carboxylic acids is 1. The normalized spacial score (nSPS) is 35.1. The van der Waals surface area contributed by atoms with Crippen LogP contribution >= 0.6 is 0 Å². The molecule has 0 radical (unpaired) electrons. The van der Waals surface area contributed by atoms with Crippen LogP contribution < -0.4 is 5.32 Å². The topological polar surface area (TPSA) is 41.5 Å². The Morgan fingerprint density at radius 2 is 1.88 bits per heavy atom. The summed E-state index contributed by atoms with van der Waals surface area (Å²) in [5.41, 5.74) is 0. The molecule has 1 N–H and O–H groups in total. The summed E-state index contributed by atoms with van der Waals surface area (Å²) in [6.07, 6.45) is 4.95. The lowest BCUT2D eigenvalue weighted by Gasteiger charge is -2.30. The zero-order valence-electron chi connectivity index (χ0n) is 10.5. The highest BCUT2D eigenvalue weighted by atomic mass is 16.2. The molecule has 0 aromatic rings. The van der Waals surface area contributed by atoms with Gasteiger partial charge in [-0.05, 0) is 44.4 Å². The molecule has 1 atom stereocenters. The molecule has 1 aliphatic carbocycles. The summed E-state index contributed by atoms with van der Waals surface area (Å²) in [7, 11) is 0. The summed E-state index contributed by atoms with van der Waals surface area (Å²) in [5, 5.41) is 2.93. The van der Waals surface area contributed by atoms with Crippen molar-refractivity contribution < 1.29 is 4.79 Å². The van der Waals surface area contributed by atoms with E-state index in [2.05, 4.69) is 24.2 Å². The molecule has 0 aromatic heterocycles. The van der Waals surface area contributed by atoms with Gasteiger partial charge >= 0.3 is 0 Å². The van der Waals surface area contributed by atoms with E-state index in [9.17, 15) is 4.79 Å². The van der Waals surface area contributed by atoms with Gasteiger partial charge in [0.2, 0.25) is 5.91 Å². The quantitative estimate of drug-likeness (QED) is 0.765. The van der Waals surface area contributed by atoms with Crippen LogP contribution in [0.25, 0.3) is 0 Å². The van der Waals surface area contributed by atoms with E-state index in [4.69, 9.17) is 0 Å². The van der Waals surface area contributed by atoms with E-state index in [-0.39, 0.29) is 11.9 Å². The second kappa shape index (κ2) is 4.56. The molecule has 0 saturated heterocycles. The van der Waals surface area contributed by atoms with Gasteiger partial charge < -0.3 is 5.32 Å². The predicted molar refractivity (Wildman–Crippen MR) is 65.3 cm³/mol. The highest BCUT2D eigenvalue weighted by molar-refractivity contribution is 6.06. The average Bonchev–Trinajstić information content (AvgIpc) is 2.59. The maximum Gasteiger partial charge on any atom is 0.249 e. The Labute approximate surface area is 97.7 Å². The summed E-state index contributed by atoms with van der Waals surface area (Å²) in [6, 6.07) is -0.169. The van der Waals surface area contributed by atoms with Crippen LogP contribution in [-0.2, 0) is 4.79 Å². The lowest BCUT2D eigenvalue weighted by molar-refractivity contribution is -0.119. The number of amides is 1. The first-order chi connectivity index (χ1) is 7.58. The summed E-state index contributed by atoms with van der Waals surface area (Å²) in [6.45, 7) is 6.48. The Morgan fingerprint density at radius 3 is 2.31 bits per heavy atom. The Bertz CT molecular complexity index is 301. The fraction of sp³-hybridized carbons (Fsp3) is 0.846. The number of aliphatic imine (C=N–C) groups is 1. The molecule has 90 valence electrons. The summed E-state index contributed by atoms with van der Waals surface area (Å²) in [4.78, 5) is 15.8. The molecule has 3 nitrogen and oxygen atoms in total. The van der Waals surface area contributed by atoms with Gasteiger partial charge in [-0.15, -0.1) is 0 Å². The predicted octanol–water partition coefficient (Wildman–Crippen LogP) is 2.37. The molecule has 1 heterocycles. The van der Waals surface area contributed by atoms with Crippen LogP contribution in [0.5, 0.6) is 0 Å². The minimum absolute atomic E-state index is 0.0704. The van der Waals surface area contributed by atoms with Gasteiger partial charge in [0.1, 0.15) is 11.9 Å². The molecule has 1 amide bonds. The molecule has 1 unspecified atom stereocenters. The van der Waals surface area contributed by atoms with Crippen LogP contribution in [0.1, 0.15) is 46.5 Å². The smallest absolute Gasteiger partial charge is 0.249 e. The fourth-order valence-corrected chi connectivity index (χ4v) is 2.80. The lowest BCUT2D eigenvalue weighted by Crippen LogP contribution is -2.34. The summed E-state index contributed by atoms with van der Waals surface area (Å²) < 4.78 is 0. The Kier molecular flexibility index (Phi) is 3.31. The highest BCUT2D eigenvalue weighted by Crippen LogP contribution is 2.34. The molecule has 0 spiro atoms. The second-order valence-electron chi connectivity index (χ2n) is 5.54. The largest absolute Gasteiger partial charge is 0.312 e. The van der Waals surface area contributed by atoms with Gasteiger partial charge in [-0.3, -0.25) is 9.79 Å². The van der Waals surface area contributed by atoms with Gasteiger partial charge in [-0.1, -0.05) is 13.8 Å². The summed E-state index contributed by atoms with van der Waals surface area (Å²) >= 11 is 0. The van der Waals surface area contributed by atoms with E-state index in [0.717, 1.165) is 17.7 Å². The van der Waals surface area contributed by atoms with E-state index < -0.39 is 0 Å². The van der Waals surface area contributed by atoms with Gasteiger partial charge in [0.15, 0.2) is 0 Å². The molecule has 0 aromatic carbocycles. The molecular formula is C13H22N2O. The number of nitrogens with zero attached hydrogens (tertiary/aromatic N) is 1. The second-order valence-corrected chi connectivity index (χ2v) is 5.54. The Hall–Kier alpha value is -0.860. The van der Waals surface area contributed by atoms with E-state index in [0.29, 0.717) is 5.92 Å². The van der Waals surface area contributed by atoms with Crippen molar-refractivity contribution in [2.75, 3.05) is 0 Å². The van der Waals surface area contributed by atoms with Crippen LogP contribution in [0, 0.1) is 17.8 Å². The number of nitrogens with one attached hydrogen (secondary N) is 1. The highest BCUT2D eigenvalue weighted by Gasteiger charge is 2.31. The third-order valence-electron chi connectivity index (χ3n) is 4.06. The maximum atomic E-state index is 11.4. The molecule has 1 aliphatic heterocycles. The first-order valence-electron chi connectivity index (χ1n) is 6.46. The van der Waals surface area contributed by atoms with Crippen LogP contribution in [0.3, 0.4) is 0 Å². The van der Waals surface area contributed by atoms with Gasteiger partial charge in [0.25, 0.3) is 0 Å². The van der Waals surface area contributed by atoms with Crippen molar-refractivity contribution in [3.05, 3.63) is 0 Å². The number of hydrogen-bond acceptors (Lipinski definition) is 2. The minimum Gasteiger partial charge on any atom is -0.312 e. The Balaban J connectivity index is 1.90. The van der Waals surface area contributed by atoms with E-state index in [1.807, 2.05) is 6.92 Å². The zero-order valence-corrected chi connectivity index (χ0v) is 10.5. The lowest BCUT2D eigenvalue weighted by atomic mass is 9.76. The van der Waals surface area contributed by atoms with Crippen LogP contribution in [0.15, 0.2) is 4.99 Å². The third-order valence-corrected chi connectivity index (χ3v) is 4.06. The third kappa shape index (κ3) is 2.28. The van der Waals surface area contributed by atoms with E-state index >= 15 is 0 Å². The number of hydrogen-bond donors (Lipinski definition) is 1. The van der Waals surface area contributed by atoms with Gasteiger partial charge in [0.05, 0.1) is 0 Å². The Morgan fingerprint density at radius 1 is 1.25 bits per heavy atom. The van der Waals surface area contributed by atoms with Crippen LogP contribution in [0.4, 0.5) is 0 Å². The van der Waals surface area contributed by atoms with Crippen molar-refractivity contribution in [3.63, 3.8) is 0 Å². The molecule has 1 saturated carbocycles.